The van der Waals surface area contributed by atoms with E-state index >= 15 is 0 Å². The molecule has 0 radical (unpaired) electrons. The fourth-order valence-corrected chi connectivity index (χ4v) is 2.60. The van der Waals surface area contributed by atoms with Crippen molar-refractivity contribution in [1.29, 1.82) is 0 Å². The van der Waals surface area contributed by atoms with Crippen molar-refractivity contribution < 1.29 is 9.53 Å². The highest BCUT2D eigenvalue weighted by Gasteiger charge is 2.07. The van der Waals surface area contributed by atoms with E-state index < -0.39 is 0 Å². The summed E-state index contributed by atoms with van der Waals surface area (Å²) in [5.74, 6) is 3.03. The third kappa shape index (κ3) is 4.00. The van der Waals surface area contributed by atoms with E-state index in [9.17, 15) is 4.79 Å². The van der Waals surface area contributed by atoms with Gasteiger partial charge in [0.1, 0.15) is 12.4 Å². The van der Waals surface area contributed by atoms with Crippen molar-refractivity contribution in [2.45, 2.75) is 6.61 Å². The maximum atomic E-state index is 12.3. The molecule has 1 N–H and O–H groups in total. The summed E-state index contributed by atoms with van der Waals surface area (Å²) in [6, 6.07) is 14.1. The Bertz CT molecular complexity index is 865. The minimum absolute atomic E-state index is 0.199. The average molecular weight is 334 g/mol. The monoisotopic (exact) mass is 334 g/mol. The summed E-state index contributed by atoms with van der Waals surface area (Å²) in [5.41, 5.74) is 4.58. The summed E-state index contributed by atoms with van der Waals surface area (Å²) in [7, 11) is 0. The molecule has 118 valence electrons. The van der Waals surface area contributed by atoms with Gasteiger partial charge in [0.15, 0.2) is 0 Å². The molecule has 5 heteroatoms. The lowest BCUT2D eigenvalue weighted by atomic mass is 10.1. The molecule has 0 spiro atoms. The molecule has 0 unspecified atom stereocenters. The largest absolute Gasteiger partial charge is 0.487 e. The number of carbonyl (C=O) groups is 1. The number of nitrogens with zero attached hydrogens (tertiary/aromatic N) is 1. The van der Waals surface area contributed by atoms with Crippen molar-refractivity contribution >= 4 is 22.9 Å². The zero-order chi connectivity index (χ0) is 16.8. The molecule has 1 amide bonds. The highest BCUT2D eigenvalue weighted by molar-refractivity contribution is 7.07. The zero-order valence-corrected chi connectivity index (χ0v) is 13.5. The van der Waals surface area contributed by atoms with Crippen LogP contribution in [0.2, 0.25) is 0 Å². The molecule has 1 aromatic heterocycles. The lowest BCUT2D eigenvalue weighted by Gasteiger charge is -2.07. The number of anilines is 1. The third-order valence-corrected chi connectivity index (χ3v) is 3.91. The third-order valence-electron chi connectivity index (χ3n) is 3.27. The van der Waals surface area contributed by atoms with Gasteiger partial charge in [-0.25, -0.2) is 4.98 Å². The number of terminal acetylenes is 1. The first-order valence-corrected chi connectivity index (χ1v) is 8.17. The number of thiazole rings is 1. The van der Waals surface area contributed by atoms with Crippen LogP contribution in [-0.2, 0) is 6.61 Å². The summed E-state index contributed by atoms with van der Waals surface area (Å²) in [6.07, 6.45) is 5.36. The highest BCUT2D eigenvalue weighted by atomic mass is 32.1. The Morgan fingerprint density at radius 2 is 2.08 bits per heavy atom. The van der Waals surface area contributed by atoms with Crippen molar-refractivity contribution in [3.8, 4) is 18.1 Å². The van der Waals surface area contributed by atoms with E-state index in [0.29, 0.717) is 23.6 Å². The number of ether oxygens (including phenoxy) is 1. The first-order chi connectivity index (χ1) is 11.7. The number of benzene rings is 2. The second-order valence-electron chi connectivity index (χ2n) is 4.97. The lowest BCUT2D eigenvalue weighted by Crippen LogP contribution is -2.11. The van der Waals surface area contributed by atoms with Crippen LogP contribution in [0.15, 0.2) is 59.4 Å². The van der Waals surface area contributed by atoms with Crippen LogP contribution in [0.3, 0.4) is 0 Å². The second-order valence-corrected chi connectivity index (χ2v) is 5.69. The molecule has 3 aromatic rings. The number of aromatic nitrogens is 1. The van der Waals surface area contributed by atoms with E-state index in [1.165, 1.54) is 11.3 Å². The Hall–Kier alpha value is -3.10. The number of rotatable bonds is 5. The zero-order valence-electron chi connectivity index (χ0n) is 12.7. The molecule has 0 fully saturated rings. The number of hydrogen-bond donors (Lipinski definition) is 1. The molecule has 0 atom stereocenters. The van der Waals surface area contributed by atoms with Crippen molar-refractivity contribution in [2.75, 3.05) is 5.32 Å². The van der Waals surface area contributed by atoms with Crippen molar-refractivity contribution in [3.05, 3.63) is 76.2 Å². The molecule has 0 aliphatic carbocycles. The molecule has 0 saturated carbocycles. The van der Waals surface area contributed by atoms with Crippen LogP contribution in [0.25, 0.3) is 0 Å². The van der Waals surface area contributed by atoms with Crippen LogP contribution in [0.4, 0.5) is 5.69 Å². The number of hydrogen-bond acceptors (Lipinski definition) is 4. The van der Waals surface area contributed by atoms with E-state index in [1.54, 1.807) is 48.0 Å². The Labute approximate surface area is 144 Å². The Kier molecular flexibility index (Phi) is 4.90. The van der Waals surface area contributed by atoms with Crippen LogP contribution in [0, 0.1) is 12.3 Å². The molecule has 0 bridgehead atoms. The van der Waals surface area contributed by atoms with Crippen molar-refractivity contribution in [2.24, 2.45) is 0 Å². The van der Waals surface area contributed by atoms with Gasteiger partial charge in [-0.2, -0.15) is 0 Å². The van der Waals surface area contributed by atoms with E-state index in [2.05, 4.69) is 16.2 Å². The van der Waals surface area contributed by atoms with Crippen LogP contribution in [0.1, 0.15) is 21.6 Å². The average Bonchev–Trinajstić information content (AvgIpc) is 3.14. The summed E-state index contributed by atoms with van der Waals surface area (Å²) >= 11 is 1.53. The molecular weight excluding hydrogens is 320 g/mol. The first kappa shape index (κ1) is 15.8. The van der Waals surface area contributed by atoms with Gasteiger partial charge >= 0.3 is 0 Å². The SMILES string of the molecule is C#Cc1cccc(NC(=O)c2ccc(OCc3cscn3)cc2)c1. The van der Waals surface area contributed by atoms with E-state index in [1.807, 2.05) is 11.4 Å². The molecular formula is C19H14N2O2S. The van der Waals surface area contributed by atoms with Gasteiger partial charge < -0.3 is 10.1 Å². The molecule has 3 rings (SSSR count). The van der Waals surface area contributed by atoms with Gasteiger partial charge in [0.2, 0.25) is 0 Å². The summed E-state index contributed by atoms with van der Waals surface area (Å²) in [4.78, 5) is 16.4. The molecule has 0 aliphatic rings. The minimum atomic E-state index is -0.199. The normalized spacial score (nSPS) is 9.96. The Balaban J connectivity index is 1.62. The molecule has 0 saturated heterocycles. The smallest absolute Gasteiger partial charge is 0.255 e. The van der Waals surface area contributed by atoms with E-state index in [-0.39, 0.29) is 5.91 Å². The second kappa shape index (κ2) is 7.44. The van der Waals surface area contributed by atoms with Gasteiger partial charge in [-0.05, 0) is 42.5 Å². The fourth-order valence-electron chi connectivity index (χ4n) is 2.06. The molecule has 1 heterocycles. The van der Waals surface area contributed by atoms with Gasteiger partial charge in [0.05, 0.1) is 11.2 Å². The van der Waals surface area contributed by atoms with E-state index in [0.717, 1.165) is 11.3 Å². The van der Waals surface area contributed by atoms with Gasteiger partial charge in [-0.15, -0.1) is 17.8 Å². The van der Waals surface area contributed by atoms with Gasteiger partial charge in [0, 0.05) is 22.2 Å². The lowest BCUT2D eigenvalue weighted by molar-refractivity contribution is 0.102. The standard InChI is InChI=1S/C19H14N2O2S/c1-2-14-4-3-5-16(10-14)21-19(22)15-6-8-18(9-7-15)23-11-17-12-24-13-20-17/h1,3-10,12-13H,11H2,(H,21,22). The Morgan fingerprint density at radius 1 is 1.25 bits per heavy atom. The van der Waals surface area contributed by atoms with Crippen LogP contribution >= 0.6 is 11.3 Å². The number of nitrogens with one attached hydrogen (secondary N) is 1. The maximum Gasteiger partial charge on any atom is 0.255 e. The van der Waals surface area contributed by atoms with Crippen LogP contribution < -0.4 is 10.1 Å². The first-order valence-electron chi connectivity index (χ1n) is 7.22. The van der Waals surface area contributed by atoms with Crippen LogP contribution in [-0.4, -0.2) is 10.9 Å². The molecule has 4 nitrogen and oxygen atoms in total. The molecule has 0 aliphatic heterocycles. The topological polar surface area (TPSA) is 51.2 Å². The maximum absolute atomic E-state index is 12.3. The predicted molar refractivity (Wildman–Crippen MR) is 95.2 cm³/mol. The number of amides is 1. The molecule has 2 aromatic carbocycles. The van der Waals surface area contributed by atoms with E-state index in [4.69, 9.17) is 11.2 Å². The van der Waals surface area contributed by atoms with Crippen molar-refractivity contribution in [3.63, 3.8) is 0 Å². The summed E-state index contributed by atoms with van der Waals surface area (Å²) in [6.45, 7) is 0.411. The minimum Gasteiger partial charge on any atom is -0.487 e. The quantitative estimate of drug-likeness (QED) is 0.719. The summed E-state index contributed by atoms with van der Waals surface area (Å²) in [5, 5.41) is 4.76. The fraction of sp³-hybridized carbons (Fsp3) is 0.0526. The molecule has 24 heavy (non-hydrogen) atoms. The van der Waals surface area contributed by atoms with Gasteiger partial charge in [-0.1, -0.05) is 12.0 Å². The van der Waals surface area contributed by atoms with Gasteiger partial charge in [-0.3, -0.25) is 4.79 Å². The summed E-state index contributed by atoms with van der Waals surface area (Å²) < 4.78 is 5.62. The van der Waals surface area contributed by atoms with Crippen molar-refractivity contribution in [1.82, 2.24) is 4.98 Å². The number of carbonyl (C=O) groups excluding carboxylic acids is 1. The predicted octanol–water partition coefficient (Wildman–Crippen LogP) is 3.96. The highest BCUT2D eigenvalue weighted by Crippen LogP contribution is 2.16. The van der Waals surface area contributed by atoms with Crippen LogP contribution in [0.5, 0.6) is 5.75 Å². The Morgan fingerprint density at radius 3 is 2.79 bits per heavy atom. The van der Waals surface area contributed by atoms with Gasteiger partial charge in [0.25, 0.3) is 5.91 Å².